The number of fused-ring (bicyclic) bond motifs is 2. The molecular weight excluding hydrogens is 330 g/mol. The molecular formula is C12H11F4NO4S. The fraction of sp³-hybridized carbons (Fsp3) is 0.500. The molecule has 0 atom stereocenters. The summed E-state index contributed by atoms with van der Waals surface area (Å²) in [5.74, 6) is -2.03. The lowest BCUT2D eigenvalue weighted by Crippen LogP contribution is -2.32. The topological polar surface area (TPSA) is 64.6 Å². The summed E-state index contributed by atoms with van der Waals surface area (Å²) < 4.78 is 86.4. The first kappa shape index (κ1) is 15.5. The number of ether oxygens (including phenoxy) is 2. The number of anilines is 1. The fourth-order valence-corrected chi connectivity index (χ4v) is 3.32. The molecule has 3 rings (SSSR count). The number of hydrogen-bond donors (Lipinski definition) is 1. The fourth-order valence-electron chi connectivity index (χ4n) is 2.75. The SMILES string of the molecule is O=S(=O)(Nc1ccc(F)c2c1C1(CC2)OCCO1)C(F)(F)F. The van der Waals surface area contributed by atoms with Crippen LogP contribution >= 0.6 is 0 Å². The quantitative estimate of drug-likeness (QED) is 0.838. The second kappa shape index (κ2) is 4.80. The molecule has 1 fully saturated rings. The van der Waals surface area contributed by atoms with Crippen molar-refractivity contribution >= 4 is 15.7 Å². The Labute approximate surface area is 123 Å². The molecule has 1 aromatic rings. The Hall–Kier alpha value is -1.39. The Kier molecular flexibility index (Phi) is 3.38. The minimum Gasteiger partial charge on any atom is -0.343 e. The van der Waals surface area contributed by atoms with Crippen molar-refractivity contribution in [2.45, 2.75) is 24.1 Å². The first-order valence-corrected chi connectivity index (χ1v) is 7.83. The van der Waals surface area contributed by atoms with Crippen LogP contribution in [0.3, 0.4) is 0 Å². The van der Waals surface area contributed by atoms with Gasteiger partial charge in [-0.2, -0.15) is 21.6 Å². The normalized spacial score (nSPS) is 20.4. The van der Waals surface area contributed by atoms with E-state index in [2.05, 4.69) is 0 Å². The molecule has 1 spiro atoms. The van der Waals surface area contributed by atoms with Gasteiger partial charge >= 0.3 is 15.5 Å². The van der Waals surface area contributed by atoms with Crippen molar-refractivity contribution in [2.24, 2.45) is 0 Å². The van der Waals surface area contributed by atoms with Crippen LogP contribution in [0.1, 0.15) is 17.5 Å². The van der Waals surface area contributed by atoms with E-state index in [1.165, 1.54) is 4.72 Å². The van der Waals surface area contributed by atoms with Gasteiger partial charge in [0.25, 0.3) is 0 Å². The van der Waals surface area contributed by atoms with E-state index in [1.54, 1.807) is 0 Å². The van der Waals surface area contributed by atoms with Gasteiger partial charge in [0.15, 0.2) is 5.79 Å². The van der Waals surface area contributed by atoms with Gasteiger partial charge in [-0.25, -0.2) is 4.39 Å². The summed E-state index contributed by atoms with van der Waals surface area (Å²) in [5.41, 5.74) is -5.77. The molecule has 0 aromatic heterocycles. The highest BCUT2D eigenvalue weighted by molar-refractivity contribution is 7.93. The van der Waals surface area contributed by atoms with E-state index in [0.717, 1.165) is 12.1 Å². The van der Waals surface area contributed by atoms with E-state index in [4.69, 9.17) is 9.47 Å². The zero-order chi connectivity index (χ0) is 16.2. The minimum atomic E-state index is -5.61. The highest BCUT2D eigenvalue weighted by atomic mass is 32.2. The predicted molar refractivity (Wildman–Crippen MR) is 66.9 cm³/mol. The largest absolute Gasteiger partial charge is 0.516 e. The van der Waals surface area contributed by atoms with E-state index in [1.807, 2.05) is 0 Å². The van der Waals surface area contributed by atoms with E-state index >= 15 is 0 Å². The molecule has 1 N–H and O–H groups in total. The molecule has 5 nitrogen and oxygen atoms in total. The van der Waals surface area contributed by atoms with Gasteiger partial charge in [0, 0.05) is 12.0 Å². The van der Waals surface area contributed by atoms with Gasteiger partial charge in [-0.15, -0.1) is 0 Å². The van der Waals surface area contributed by atoms with Crippen molar-refractivity contribution in [3.8, 4) is 0 Å². The van der Waals surface area contributed by atoms with Gasteiger partial charge < -0.3 is 9.47 Å². The number of sulfonamides is 1. The third-order valence-corrected chi connectivity index (χ3v) is 4.74. The van der Waals surface area contributed by atoms with Gasteiger partial charge in [-0.3, -0.25) is 4.72 Å². The molecule has 1 aliphatic heterocycles. The van der Waals surface area contributed by atoms with Crippen molar-refractivity contribution < 1.29 is 35.5 Å². The van der Waals surface area contributed by atoms with Crippen LogP contribution in [0, 0.1) is 5.82 Å². The van der Waals surface area contributed by atoms with Gasteiger partial charge in [0.2, 0.25) is 0 Å². The summed E-state index contributed by atoms with van der Waals surface area (Å²) in [6.07, 6.45) is 0.396. The van der Waals surface area contributed by atoms with Crippen LogP contribution in [0.2, 0.25) is 0 Å². The van der Waals surface area contributed by atoms with E-state index in [9.17, 15) is 26.0 Å². The highest BCUT2D eigenvalue weighted by Gasteiger charge is 2.50. The molecule has 1 aliphatic carbocycles. The standard InChI is InChI=1S/C12H11F4NO4S/c13-8-1-2-9(17-22(18,19)12(14,15)16)10-7(8)3-4-11(10)20-5-6-21-11/h1-2,17H,3-6H2. The molecule has 0 radical (unpaired) electrons. The van der Waals surface area contributed by atoms with Gasteiger partial charge in [-0.05, 0) is 24.1 Å². The van der Waals surface area contributed by atoms with Crippen molar-refractivity contribution in [3.05, 3.63) is 29.1 Å². The predicted octanol–water partition coefficient (Wildman–Crippen LogP) is 2.23. The second-order valence-corrected chi connectivity index (χ2v) is 6.62. The van der Waals surface area contributed by atoms with Crippen LogP contribution in [0.15, 0.2) is 12.1 Å². The monoisotopic (exact) mass is 341 g/mol. The summed E-state index contributed by atoms with van der Waals surface area (Å²) in [7, 11) is -5.61. The molecule has 0 bridgehead atoms. The van der Waals surface area contributed by atoms with E-state index in [-0.39, 0.29) is 42.9 Å². The maximum atomic E-state index is 13.9. The Morgan fingerprint density at radius 2 is 1.82 bits per heavy atom. The number of hydrogen-bond acceptors (Lipinski definition) is 4. The van der Waals surface area contributed by atoms with Gasteiger partial charge in [-0.1, -0.05) is 0 Å². The van der Waals surface area contributed by atoms with Crippen LogP contribution in [-0.2, 0) is 31.7 Å². The Balaban J connectivity index is 2.10. The van der Waals surface area contributed by atoms with Crippen LogP contribution in [0.5, 0.6) is 0 Å². The Morgan fingerprint density at radius 1 is 1.18 bits per heavy atom. The summed E-state index contributed by atoms with van der Waals surface area (Å²) in [4.78, 5) is 0. The maximum absolute atomic E-state index is 13.9. The van der Waals surface area contributed by atoms with Crippen LogP contribution < -0.4 is 4.72 Å². The van der Waals surface area contributed by atoms with Gasteiger partial charge in [0.1, 0.15) is 5.82 Å². The number of halogens is 4. The lowest BCUT2D eigenvalue weighted by Gasteiger charge is -2.25. The minimum absolute atomic E-state index is 0.0159. The third kappa shape index (κ3) is 2.25. The summed E-state index contributed by atoms with van der Waals surface area (Å²) >= 11 is 0. The van der Waals surface area contributed by atoms with Crippen LogP contribution in [0.25, 0.3) is 0 Å². The molecule has 2 aliphatic rings. The highest BCUT2D eigenvalue weighted by Crippen LogP contribution is 2.48. The Morgan fingerprint density at radius 3 is 2.41 bits per heavy atom. The number of benzene rings is 1. The van der Waals surface area contributed by atoms with Crippen LogP contribution in [-0.4, -0.2) is 27.1 Å². The summed E-state index contributed by atoms with van der Waals surface area (Å²) in [5, 5.41) is 0. The Bertz CT molecular complexity index is 711. The van der Waals surface area contributed by atoms with Crippen molar-refractivity contribution in [3.63, 3.8) is 0 Å². The number of rotatable bonds is 2. The molecule has 1 saturated heterocycles. The van der Waals surface area contributed by atoms with Crippen molar-refractivity contribution in [2.75, 3.05) is 17.9 Å². The zero-order valence-corrected chi connectivity index (χ0v) is 11.9. The number of alkyl halides is 3. The molecule has 0 amide bonds. The molecule has 0 saturated carbocycles. The average molecular weight is 341 g/mol. The average Bonchev–Trinajstić information content (AvgIpc) is 3.01. The van der Waals surface area contributed by atoms with Crippen molar-refractivity contribution in [1.82, 2.24) is 0 Å². The van der Waals surface area contributed by atoms with Crippen LogP contribution in [0.4, 0.5) is 23.2 Å². The lowest BCUT2D eigenvalue weighted by molar-refractivity contribution is -0.162. The number of nitrogens with one attached hydrogen (secondary N) is 1. The molecule has 10 heteroatoms. The lowest BCUT2D eigenvalue weighted by atomic mass is 10.0. The first-order valence-electron chi connectivity index (χ1n) is 6.35. The van der Waals surface area contributed by atoms with E-state index in [0.29, 0.717) is 0 Å². The molecule has 1 heterocycles. The second-order valence-electron chi connectivity index (χ2n) is 4.95. The molecule has 22 heavy (non-hydrogen) atoms. The molecule has 0 unspecified atom stereocenters. The summed E-state index contributed by atoms with van der Waals surface area (Å²) in [6, 6.07) is 1.86. The van der Waals surface area contributed by atoms with E-state index < -0.39 is 27.1 Å². The van der Waals surface area contributed by atoms with Crippen molar-refractivity contribution in [1.29, 1.82) is 0 Å². The molecule has 122 valence electrons. The molecule has 1 aromatic carbocycles. The zero-order valence-electron chi connectivity index (χ0n) is 11.0. The third-order valence-electron chi connectivity index (χ3n) is 3.64. The first-order chi connectivity index (χ1) is 10.2. The summed E-state index contributed by atoms with van der Waals surface area (Å²) in [6.45, 7) is 0.392. The van der Waals surface area contributed by atoms with Gasteiger partial charge in [0.05, 0.1) is 18.9 Å². The maximum Gasteiger partial charge on any atom is 0.516 e. The smallest absolute Gasteiger partial charge is 0.343 e.